The molecule has 0 atom stereocenters. The fourth-order valence-electron chi connectivity index (χ4n) is 3.87. The summed E-state index contributed by atoms with van der Waals surface area (Å²) in [5.74, 6) is 2.14. The van der Waals surface area contributed by atoms with Crippen molar-refractivity contribution in [1.29, 1.82) is 0 Å². The molecule has 1 aliphatic rings. The van der Waals surface area contributed by atoms with E-state index < -0.39 is 0 Å². The Morgan fingerprint density at radius 2 is 1.82 bits per heavy atom. The first kappa shape index (κ1) is 18.4. The number of aromatic nitrogens is 4. The minimum absolute atomic E-state index is 0.0664. The lowest BCUT2D eigenvalue weighted by atomic mass is 9.93. The first-order valence-corrected chi connectivity index (χ1v) is 9.80. The smallest absolute Gasteiger partial charge is 0.225 e. The van der Waals surface area contributed by atoms with Crippen molar-refractivity contribution in [3.8, 4) is 0 Å². The summed E-state index contributed by atoms with van der Waals surface area (Å²) >= 11 is 0. The number of piperidine rings is 1. The SMILES string of the molecule is Cc1cc(C)nc(N2CCC(CC(=O)Nc3ccc4nc(C)[nH]c4c3)CC2)n1. The summed E-state index contributed by atoms with van der Waals surface area (Å²) in [7, 11) is 0. The summed E-state index contributed by atoms with van der Waals surface area (Å²) in [5, 5.41) is 3.02. The number of imidazole rings is 1. The van der Waals surface area contributed by atoms with E-state index in [-0.39, 0.29) is 5.91 Å². The van der Waals surface area contributed by atoms with Gasteiger partial charge in [-0.2, -0.15) is 0 Å². The van der Waals surface area contributed by atoms with Crippen molar-refractivity contribution in [3.63, 3.8) is 0 Å². The predicted octanol–water partition coefficient (Wildman–Crippen LogP) is 3.52. The molecule has 1 fully saturated rings. The molecule has 7 heteroatoms. The number of aromatic amines is 1. The quantitative estimate of drug-likeness (QED) is 0.725. The van der Waals surface area contributed by atoms with Crippen molar-refractivity contribution in [3.05, 3.63) is 41.5 Å². The Morgan fingerprint density at radius 1 is 1.11 bits per heavy atom. The molecule has 0 saturated carbocycles. The number of hydrogen-bond donors (Lipinski definition) is 2. The lowest BCUT2D eigenvalue weighted by molar-refractivity contribution is -0.117. The molecule has 0 unspecified atom stereocenters. The van der Waals surface area contributed by atoms with Crippen LogP contribution in [0.4, 0.5) is 11.6 Å². The lowest BCUT2D eigenvalue weighted by Gasteiger charge is -2.32. The molecule has 28 heavy (non-hydrogen) atoms. The van der Waals surface area contributed by atoms with Gasteiger partial charge in [0.1, 0.15) is 5.82 Å². The van der Waals surface area contributed by atoms with Crippen molar-refractivity contribution in [2.45, 2.75) is 40.0 Å². The van der Waals surface area contributed by atoms with E-state index in [0.29, 0.717) is 12.3 Å². The number of fused-ring (bicyclic) bond motifs is 1. The first-order valence-electron chi connectivity index (χ1n) is 9.80. The maximum Gasteiger partial charge on any atom is 0.225 e. The highest BCUT2D eigenvalue weighted by atomic mass is 16.1. The van der Waals surface area contributed by atoms with Crippen LogP contribution in [0.5, 0.6) is 0 Å². The van der Waals surface area contributed by atoms with Crippen LogP contribution < -0.4 is 10.2 Å². The van der Waals surface area contributed by atoms with Gasteiger partial charge in [0, 0.05) is 36.6 Å². The van der Waals surface area contributed by atoms with Gasteiger partial charge in [-0.25, -0.2) is 15.0 Å². The number of benzene rings is 1. The van der Waals surface area contributed by atoms with Crippen molar-refractivity contribution in [1.82, 2.24) is 19.9 Å². The summed E-state index contributed by atoms with van der Waals surface area (Å²) < 4.78 is 0. The number of nitrogens with one attached hydrogen (secondary N) is 2. The monoisotopic (exact) mass is 378 g/mol. The molecule has 3 aromatic rings. The van der Waals surface area contributed by atoms with Gasteiger partial charge in [0.15, 0.2) is 0 Å². The average molecular weight is 378 g/mol. The fraction of sp³-hybridized carbons (Fsp3) is 0.429. The van der Waals surface area contributed by atoms with Crippen molar-refractivity contribution in [2.75, 3.05) is 23.3 Å². The Labute approximate surface area is 164 Å². The molecular weight excluding hydrogens is 352 g/mol. The highest BCUT2D eigenvalue weighted by molar-refractivity contribution is 5.93. The molecule has 1 aliphatic heterocycles. The normalized spacial score (nSPS) is 15.2. The zero-order valence-electron chi connectivity index (χ0n) is 16.6. The Morgan fingerprint density at radius 3 is 2.54 bits per heavy atom. The lowest BCUT2D eigenvalue weighted by Crippen LogP contribution is -2.36. The molecule has 7 nitrogen and oxygen atoms in total. The van der Waals surface area contributed by atoms with E-state index in [9.17, 15) is 4.79 Å². The largest absolute Gasteiger partial charge is 0.342 e. The van der Waals surface area contributed by atoms with Gasteiger partial charge in [0.2, 0.25) is 11.9 Å². The van der Waals surface area contributed by atoms with E-state index in [4.69, 9.17) is 0 Å². The van der Waals surface area contributed by atoms with Gasteiger partial charge in [0.05, 0.1) is 11.0 Å². The summed E-state index contributed by atoms with van der Waals surface area (Å²) in [6, 6.07) is 7.76. The van der Waals surface area contributed by atoms with E-state index in [1.54, 1.807) is 0 Å². The molecule has 0 spiro atoms. The fourth-order valence-corrected chi connectivity index (χ4v) is 3.87. The number of nitrogens with zero attached hydrogens (tertiary/aromatic N) is 4. The molecule has 1 amide bonds. The summed E-state index contributed by atoms with van der Waals surface area (Å²) in [5.41, 5.74) is 4.65. The number of rotatable bonds is 4. The van der Waals surface area contributed by atoms with Crippen LogP contribution in [0.15, 0.2) is 24.3 Å². The highest BCUT2D eigenvalue weighted by Crippen LogP contribution is 2.24. The zero-order chi connectivity index (χ0) is 19.7. The molecule has 3 heterocycles. The van der Waals surface area contributed by atoms with Crippen LogP contribution in [-0.2, 0) is 4.79 Å². The Bertz CT molecular complexity index is 983. The summed E-state index contributed by atoms with van der Waals surface area (Å²) in [4.78, 5) is 31.4. The molecule has 2 aromatic heterocycles. The molecule has 146 valence electrons. The van der Waals surface area contributed by atoms with E-state index >= 15 is 0 Å². The van der Waals surface area contributed by atoms with Gasteiger partial charge < -0.3 is 15.2 Å². The van der Waals surface area contributed by atoms with Gasteiger partial charge in [0.25, 0.3) is 0 Å². The molecule has 1 saturated heterocycles. The Kier molecular flexibility index (Phi) is 4.98. The predicted molar refractivity (Wildman–Crippen MR) is 111 cm³/mol. The van der Waals surface area contributed by atoms with Gasteiger partial charge >= 0.3 is 0 Å². The van der Waals surface area contributed by atoms with Crippen LogP contribution in [0.3, 0.4) is 0 Å². The minimum Gasteiger partial charge on any atom is -0.342 e. The van der Waals surface area contributed by atoms with Crippen LogP contribution in [0, 0.1) is 26.7 Å². The molecule has 0 bridgehead atoms. The minimum atomic E-state index is 0.0664. The highest BCUT2D eigenvalue weighted by Gasteiger charge is 2.23. The van der Waals surface area contributed by atoms with Crippen LogP contribution >= 0.6 is 0 Å². The van der Waals surface area contributed by atoms with Crippen molar-refractivity contribution < 1.29 is 4.79 Å². The number of carbonyl (C=O) groups is 1. The standard InChI is InChI=1S/C21H26N6O/c1-13-10-14(2)23-21(22-13)27-8-6-16(7-9-27)11-20(28)26-17-4-5-18-19(12-17)25-15(3)24-18/h4-5,10,12,16H,6-9,11H2,1-3H3,(H,24,25)(H,26,28). The molecule has 0 aliphatic carbocycles. The third-order valence-corrected chi connectivity index (χ3v) is 5.23. The summed E-state index contributed by atoms with van der Waals surface area (Å²) in [6.07, 6.45) is 2.49. The second-order valence-electron chi connectivity index (χ2n) is 7.69. The van der Waals surface area contributed by atoms with Gasteiger partial charge in [-0.1, -0.05) is 0 Å². The van der Waals surface area contributed by atoms with E-state index in [1.807, 2.05) is 45.0 Å². The van der Waals surface area contributed by atoms with Crippen LogP contribution in [0.1, 0.15) is 36.5 Å². The second kappa shape index (κ2) is 7.58. The van der Waals surface area contributed by atoms with Gasteiger partial charge in [-0.15, -0.1) is 0 Å². The van der Waals surface area contributed by atoms with Crippen molar-refractivity contribution in [2.24, 2.45) is 5.92 Å². The topological polar surface area (TPSA) is 86.8 Å². The number of aryl methyl sites for hydroxylation is 3. The molecule has 1 aromatic carbocycles. The molecular formula is C21H26N6O. The number of amides is 1. The van der Waals surface area contributed by atoms with Crippen molar-refractivity contribution >= 4 is 28.6 Å². The molecule has 0 radical (unpaired) electrons. The maximum atomic E-state index is 12.5. The van der Waals surface area contributed by atoms with Gasteiger partial charge in [-0.05, 0) is 63.8 Å². The van der Waals surface area contributed by atoms with Gasteiger partial charge in [-0.3, -0.25) is 4.79 Å². The number of hydrogen-bond acceptors (Lipinski definition) is 5. The van der Waals surface area contributed by atoms with E-state index in [2.05, 4.69) is 30.2 Å². The number of anilines is 2. The third kappa shape index (κ3) is 4.13. The Hall–Kier alpha value is -2.96. The van der Waals surface area contributed by atoms with Crippen LogP contribution in [-0.4, -0.2) is 38.9 Å². The molecule has 2 N–H and O–H groups in total. The average Bonchev–Trinajstić information content (AvgIpc) is 3.00. The summed E-state index contributed by atoms with van der Waals surface area (Å²) in [6.45, 7) is 7.70. The van der Waals surface area contributed by atoms with E-state index in [0.717, 1.165) is 65.8 Å². The number of H-pyrrole nitrogens is 1. The second-order valence-corrected chi connectivity index (χ2v) is 7.69. The molecule has 4 rings (SSSR count). The zero-order valence-corrected chi connectivity index (χ0v) is 16.6. The third-order valence-electron chi connectivity index (χ3n) is 5.23. The Balaban J connectivity index is 1.31. The van der Waals surface area contributed by atoms with Crippen LogP contribution in [0.2, 0.25) is 0 Å². The van der Waals surface area contributed by atoms with E-state index in [1.165, 1.54) is 0 Å². The first-order chi connectivity index (χ1) is 13.5. The number of carbonyl (C=O) groups excluding carboxylic acids is 1. The van der Waals surface area contributed by atoms with Crippen LogP contribution in [0.25, 0.3) is 11.0 Å². The maximum absolute atomic E-state index is 12.5.